The third-order valence-electron chi connectivity index (χ3n) is 1.04. The maximum Gasteiger partial charge on any atom is 0.0957 e. The first-order valence-corrected chi connectivity index (χ1v) is 2.54. The molecular formula is C4H10N2O2. The SMILES string of the molecule is CN1OCCON1C. The van der Waals surface area contributed by atoms with E-state index in [1.165, 1.54) is 0 Å². The summed E-state index contributed by atoms with van der Waals surface area (Å²) in [4.78, 5) is 10.0. The van der Waals surface area contributed by atoms with Crippen LogP contribution in [-0.4, -0.2) is 37.7 Å². The van der Waals surface area contributed by atoms with Crippen LogP contribution in [0.1, 0.15) is 0 Å². The second kappa shape index (κ2) is 2.41. The van der Waals surface area contributed by atoms with Crippen molar-refractivity contribution in [2.45, 2.75) is 0 Å². The number of rotatable bonds is 0. The summed E-state index contributed by atoms with van der Waals surface area (Å²) in [6.07, 6.45) is 0. The Morgan fingerprint density at radius 3 is 1.62 bits per heavy atom. The van der Waals surface area contributed by atoms with Gasteiger partial charge in [-0.3, -0.25) is 9.68 Å². The molecule has 0 aromatic carbocycles. The second-order valence-electron chi connectivity index (χ2n) is 1.59. The first-order valence-electron chi connectivity index (χ1n) is 2.54. The number of hydrogen-bond acceptors (Lipinski definition) is 4. The van der Waals surface area contributed by atoms with E-state index in [1.807, 2.05) is 0 Å². The molecule has 48 valence electrons. The average molecular weight is 118 g/mol. The van der Waals surface area contributed by atoms with Crippen molar-refractivity contribution in [3.8, 4) is 0 Å². The molecule has 0 amide bonds. The third-order valence-corrected chi connectivity index (χ3v) is 1.04. The van der Waals surface area contributed by atoms with Crippen molar-refractivity contribution in [2.75, 3.05) is 27.3 Å². The van der Waals surface area contributed by atoms with Gasteiger partial charge in [0, 0.05) is 14.1 Å². The van der Waals surface area contributed by atoms with Gasteiger partial charge in [-0.2, -0.15) is 0 Å². The Balaban J connectivity index is 2.28. The van der Waals surface area contributed by atoms with Gasteiger partial charge in [0.1, 0.15) is 0 Å². The van der Waals surface area contributed by atoms with E-state index in [9.17, 15) is 0 Å². The molecule has 1 heterocycles. The molecule has 4 nitrogen and oxygen atoms in total. The molecule has 1 aliphatic heterocycles. The minimum atomic E-state index is 0.640. The summed E-state index contributed by atoms with van der Waals surface area (Å²) >= 11 is 0. The van der Waals surface area contributed by atoms with Gasteiger partial charge in [0.05, 0.1) is 13.2 Å². The molecule has 4 heteroatoms. The lowest BCUT2D eigenvalue weighted by atomic mass is 10.8. The number of hydroxylamine groups is 2. The van der Waals surface area contributed by atoms with E-state index in [4.69, 9.17) is 9.68 Å². The van der Waals surface area contributed by atoms with Gasteiger partial charge in [-0.15, -0.1) is 10.3 Å². The highest BCUT2D eigenvalue weighted by Gasteiger charge is 2.11. The molecule has 0 radical (unpaired) electrons. The molecule has 1 aliphatic rings. The fraction of sp³-hybridized carbons (Fsp3) is 1.00. The lowest BCUT2D eigenvalue weighted by Gasteiger charge is -2.30. The molecule has 1 rings (SSSR count). The van der Waals surface area contributed by atoms with E-state index < -0.39 is 0 Å². The van der Waals surface area contributed by atoms with Gasteiger partial charge >= 0.3 is 0 Å². The van der Waals surface area contributed by atoms with Gasteiger partial charge in [-0.05, 0) is 0 Å². The second-order valence-corrected chi connectivity index (χ2v) is 1.59. The predicted octanol–water partition coefficient (Wildman–Crippen LogP) is -0.358. The standard InChI is InChI=1S/C4H10N2O2/c1-5-6(2)8-4-3-7-5/h3-4H2,1-2H3. The highest BCUT2D eigenvalue weighted by Crippen LogP contribution is 1.98. The summed E-state index contributed by atoms with van der Waals surface area (Å²) < 4.78 is 0. The van der Waals surface area contributed by atoms with Crippen LogP contribution in [0.25, 0.3) is 0 Å². The maximum absolute atomic E-state index is 5.02. The Labute approximate surface area is 48.5 Å². The molecule has 0 spiro atoms. The van der Waals surface area contributed by atoms with Crippen molar-refractivity contribution < 1.29 is 9.68 Å². The molecule has 1 fully saturated rings. The Morgan fingerprint density at radius 2 is 1.38 bits per heavy atom. The average Bonchev–Trinajstić information content (AvgIpc) is 1.77. The summed E-state index contributed by atoms with van der Waals surface area (Å²) in [5.74, 6) is 0. The predicted molar refractivity (Wildman–Crippen MR) is 27.4 cm³/mol. The highest BCUT2D eigenvalue weighted by atomic mass is 16.9. The van der Waals surface area contributed by atoms with Crippen molar-refractivity contribution in [1.82, 2.24) is 10.3 Å². The fourth-order valence-corrected chi connectivity index (χ4v) is 0.501. The fourth-order valence-electron chi connectivity index (χ4n) is 0.501. The van der Waals surface area contributed by atoms with Crippen LogP contribution in [-0.2, 0) is 9.68 Å². The zero-order chi connectivity index (χ0) is 5.98. The quantitative estimate of drug-likeness (QED) is 0.433. The summed E-state index contributed by atoms with van der Waals surface area (Å²) in [5.41, 5.74) is 0. The van der Waals surface area contributed by atoms with Crippen molar-refractivity contribution in [3.63, 3.8) is 0 Å². The van der Waals surface area contributed by atoms with E-state index in [2.05, 4.69) is 0 Å². The third kappa shape index (κ3) is 1.16. The lowest BCUT2D eigenvalue weighted by Crippen LogP contribution is -2.42. The van der Waals surface area contributed by atoms with Crippen LogP contribution in [0.5, 0.6) is 0 Å². The first-order chi connectivity index (χ1) is 3.80. The molecule has 0 saturated carbocycles. The smallest absolute Gasteiger partial charge is 0.0957 e. The van der Waals surface area contributed by atoms with Crippen molar-refractivity contribution in [3.05, 3.63) is 0 Å². The molecule has 0 aromatic heterocycles. The van der Waals surface area contributed by atoms with E-state index in [1.54, 1.807) is 24.4 Å². The van der Waals surface area contributed by atoms with Crippen molar-refractivity contribution in [1.29, 1.82) is 0 Å². The molecule has 8 heavy (non-hydrogen) atoms. The van der Waals surface area contributed by atoms with Crippen LogP contribution in [0, 0.1) is 0 Å². The van der Waals surface area contributed by atoms with E-state index in [0.717, 1.165) is 0 Å². The van der Waals surface area contributed by atoms with Crippen LogP contribution < -0.4 is 0 Å². The van der Waals surface area contributed by atoms with E-state index >= 15 is 0 Å². The molecule has 0 N–H and O–H groups in total. The molecule has 0 aliphatic carbocycles. The number of nitrogens with zero attached hydrogens (tertiary/aromatic N) is 2. The first kappa shape index (κ1) is 5.97. The van der Waals surface area contributed by atoms with Crippen LogP contribution in [0.15, 0.2) is 0 Å². The summed E-state index contributed by atoms with van der Waals surface area (Å²) in [7, 11) is 3.58. The van der Waals surface area contributed by atoms with Crippen LogP contribution in [0.3, 0.4) is 0 Å². The minimum absolute atomic E-state index is 0.640. The normalized spacial score (nSPS) is 26.2. The Kier molecular flexibility index (Phi) is 1.80. The van der Waals surface area contributed by atoms with Gasteiger partial charge in [-0.1, -0.05) is 0 Å². The van der Waals surface area contributed by atoms with Gasteiger partial charge in [0.15, 0.2) is 0 Å². The zero-order valence-electron chi connectivity index (χ0n) is 5.13. The van der Waals surface area contributed by atoms with Gasteiger partial charge < -0.3 is 0 Å². The Bertz CT molecular complexity index is 68.4. The summed E-state index contributed by atoms with van der Waals surface area (Å²) in [5, 5.41) is 3.09. The summed E-state index contributed by atoms with van der Waals surface area (Å²) in [6.45, 7) is 1.28. The summed E-state index contributed by atoms with van der Waals surface area (Å²) in [6, 6.07) is 0. The molecular weight excluding hydrogens is 108 g/mol. The van der Waals surface area contributed by atoms with E-state index in [-0.39, 0.29) is 0 Å². The largest absolute Gasteiger partial charge is 0.280 e. The van der Waals surface area contributed by atoms with Gasteiger partial charge in [0.2, 0.25) is 0 Å². The van der Waals surface area contributed by atoms with Crippen molar-refractivity contribution in [2.24, 2.45) is 0 Å². The zero-order valence-corrected chi connectivity index (χ0v) is 5.13. The topological polar surface area (TPSA) is 24.9 Å². The monoisotopic (exact) mass is 118 g/mol. The molecule has 0 aromatic rings. The maximum atomic E-state index is 5.02. The van der Waals surface area contributed by atoms with Crippen LogP contribution in [0.2, 0.25) is 0 Å². The lowest BCUT2D eigenvalue weighted by molar-refractivity contribution is -0.425. The Hall–Kier alpha value is -0.160. The van der Waals surface area contributed by atoms with Gasteiger partial charge in [0.25, 0.3) is 0 Å². The van der Waals surface area contributed by atoms with Gasteiger partial charge in [-0.25, -0.2) is 0 Å². The van der Waals surface area contributed by atoms with Crippen LogP contribution >= 0.6 is 0 Å². The molecule has 0 bridgehead atoms. The van der Waals surface area contributed by atoms with E-state index in [0.29, 0.717) is 13.2 Å². The molecule has 0 atom stereocenters. The molecule has 1 saturated heterocycles. The van der Waals surface area contributed by atoms with Crippen LogP contribution in [0.4, 0.5) is 0 Å². The number of hydrazine groups is 1. The molecule has 0 unspecified atom stereocenters. The minimum Gasteiger partial charge on any atom is -0.280 e. The highest BCUT2D eigenvalue weighted by molar-refractivity contribution is 4.28. The number of hydrogen-bond donors (Lipinski definition) is 0. The van der Waals surface area contributed by atoms with Crippen molar-refractivity contribution >= 4 is 0 Å². The Morgan fingerprint density at radius 1 is 1.00 bits per heavy atom.